The van der Waals surface area contributed by atoms with Gasteiger partial charge < -0.3 is 19.6 Å². The van der Waals surface area contributed by atoms with E-state index in [9.17, 15) is 22.8 Å². The number of carbonyl (C=O) groups is 2. The van der Waals surface area contributed by atoms with E-state index in [0.29, 0.717) is 18.7 Å². The molecule has 2 atom stereocenters. The number of aliphatic carboxylic acids is 1. The zero-order chi connectivity index (χ0) is 25.2. The number of alkyl halides is 3. The number of nitrogens with one attached hydrogen (secondary N) is 1. The summed E-state index contributed by atoms with van der Waals surface area (Å²) in [7, 11) is 0. The van der Waals surface area contributed by atoms with Crippen molar-refractivity contribution in [2.24, 2.45) is 0 Å². The second kappa shape index (κ2) is 9.91. The van der Waals surface area contributed by atoms with Gasteiger partial charge in [0.15, 0.2) is 11.6 Å². The summed E-state index contributed by atoms with van der Waals surface area (Å²) in [5, 5.41) is 11.3. The lowest BCUT2D eigenvalue weighted by Crippen LogP contribution is -2.26. The van der Waals surface area contributed by atoms with Crippen LogP contribution in [-0.2, 0) is 15.7 Å². The maximum Gasteiger partial charge on any atom is 0.452 e. The summed E-state index contributed by atoms with van der Waals surface area (Å²) in [5.41, 5.74) is 2.41. The summed E-state index contributed by atoms with van der Waals surface area (Å²) in [6.07, 6.45) is -3.50. The molecule has 0 saturated carbocycles. The number of benzene rings is 2. The van der Waals surface area contributed by atoms with Gasteiger partial charge in [-0.1, -0.05) is 36.4 Å². The molecule has 2 heterocycles. The third-order valence-corrected chi connectivity index (χ3v) is 5.84. The first-order valence-corrected chi connectivity index (χ1v) is 11.0. The predicted molar refractivity (Wildman–Crippen MR) is 120 cm³/mol. The van der Waals surface area contributed by atoms with Gasteiger partial charge in [-0.15, -0.1) is 0 Å². The van der Waals surface area contributed by atoms with E-state index in [-0.39, 0.29) is 24.3 Å². The summed E-state index contributed by atoms with van der Waals surface area (Å²) in [4.78, 5) is 26.7. The molecule has 184 valence electrons. The monoisotopic (exact) mass is 488 g/mol. The lowest BCUT2D eigenvalue weighted by molar-refractivity contribution is -0.153. The maximum atomic E-state index is 13.1. The molecule has 0 radical (unpaired) electrons. The van der Waals surface area contributed by atoms with Crippen molar-refractivity contribution in [3.63, 3.8) is 0 Å². The van der Waals surface area contributed by atoms with Crippen molar-refractivity contribution in [3.8, 4) is 11.1 Å². The Hall–Kier alpha value is -3.66. The van der Waals surface area contributed by atoms with Gasteiger partial charge in [0, 0.05) is 18.5 Å². The number of rotatable bonds is 6. The topological polar surface area (TPSA) is 102 Å². The Balaban J connectivity index is 1.39. The highest BCUT2D eigenvalue weighted by Gasteiger charge is 2.41. The number of carbonyl (C=O) groups excluding carboxylic acids is 1. The van der Waals surface area contributed by atoms with Crippen molar-refractivity contribution in [3.05, 3.63) is 71.4 Å². The predicted octanol–water partition coefficient (Wildman–Crippen LogP) is 5.66. The molecular weight excluding hydrogens is 465 g/mol. The summed E-state index contributed by atoms with van der Waals surface area (Å²) in [6, 6.07) is 14.6. The molecule has 0 bridgehead atoms. The van der Waals surface area contributed by atoms with Crippen LogP contribution in [0.25, 0.3) is 11.1 Å². The SMILES string of the molecule is Cc1nc(C(=O)Nc2ccc(-c3ccc([C@@H]4CC[C@@H](CC(=O)O)OC4)cc3)cc2)c(C(F)(F)F)o1. The normalized spacial score (nSPS) is 18.3. The molecule has 10 heteroatoms. The molecule has 1 saturated heterocycles. The van der Waals surface area contributed by atoms with Crippen molar-refractivity contribution in [2.75, 3.05) is 11.9 Å². The molecule has 2 aromatic carbocycles. The number of hydrogen-bond acceptors (Lipinski definition) is 5. The number of aromatic nitrogens is 1. The van der Waals surface area contributed by atoms with Crippen LogP contribution in [0.3, 0.4) is 0 Å². The van der Waals surface area contributed by atoms with E-state index in [4.69, 9.17) is 9.84 Å². The van der Waals surface area contributed by atoms with Crippen LogP contribution in [0.4, 0.5) is 18.9 Å². The van der Waals surface area contributed by atoms with E-state index in [1.165, 1.54) is 6.92 Å². The number of oxazole rings is 1. The van der Waals surface area contributed by atoms with E-state index < -0.39 is 29.5 Å². The van der Waals surface area contributed by atoms with Gasteiger partial charge in [-0.2, -0.15) is 13.2 Å². The summed E-state index contributed by atoms with van der Waals surface area (Å²) in [5.74, 6) is -3.34. The lowest BCUT2D eigenvalue weighted by Gasteiger charge is -2.28. The third kappa shape index (κ3) is 5.89. The fraction of sp³-hybridized carbons (Fsp3) is 0.320. The molecule has 2 N–H and O–H groups in total. The quantitative estimate of drug-likeness (QED) is 0.464. The Bertz CT molecular complexity index is 1200. The van der Waals surface area contributed by atoms with E-state index in [2.05, 4.69) is 14.7 Å². The fourth-order valence-electron chi connectivity index (χ4n) is 4.08. The van der Waals surface area contributed by atoms with Crippen LogP contribution in [0, 0.1) is 6.92 Å². The van der Waals surface area contributed by atoms with Crippen LogP contribution in [0.5, 0.6) is 0 Å². The second-order valence-corrected chi connectivity index (χ2v) is 8.39. The highest BCUT2D eigenvalue weighted by atomic mass is 19.4. The molecule has 1 aromatic heterocycles. The first-order chi connectivity index (χ1) is 16.6. The molecule has 7 nitrogen and oxygen atoms in total. The Morgan fingerprint density at radius 2 is 1.69 bits per heavy atom. The van der Waals surface area contributed by atoms with Gasteiger partial charge >= 0.3 is 12.1 Å². The minimum atomic E-state index is -4.83. The maximum absolute atomic E-state index is 13.1. The van der Waals surface area contributed by atoms with Crippen LogP contribution >= 0.6 is 0 Å². The van der Waals surface area contributed by atoms with Crippen LogP contribution in [0.15, 0.2) is 52.9 Å². The van der Waals surface area contributed by atoms with Gasteiger partial charge in [-0.25, -0.2) is 4.98 Å². The summed E-state index contributed by atoms with van der Waals surface area (Å²) in [6.45, 7) is 1.72. The zero-order valence-electron chi connectivity index (χ0n) is 18.8. The van der Waals surface area contributed by atoms with E-state index in [1.807, 2.05) is 24.3 Å². The molecule has 1 amide bonds. The molecule has 1 aliphatic heterocycles. The standard InChI is InChI=1S/C25H23F3N2O5/c1-14-29-22(23(35-14)25(26,27)28)24(33)30-19-9-6-16(7-10-19)15-2-4-17(5-3-15)18-8-11-20(34-13-18)12-21(31)32/h2-7,9-10,18,20H,8,11-13H2,1H3,(H,30,33)(H,31,32)/t18-,20+/m1/s1. The molecule has 3 aromatic rings. The highest BCUT2D eigenvalue weighted by molar-refractivity contribution is 6.03. The highest BCUT2D eigenvalue weighted by Crippen LogP contribution is 2.33. The first-order valence-electron chi connectivity index (χ1n) is 11.0. The van der Waals surface area contributed by atoms with E-state index >= 15 is 0 Å². The van der Waals surface area contributed by atoms with Crippen molar-refractivity contribution in [2.45, 2.75) is 44.4 Å². The second-order valence-electron chi connectivity index (χ2n) is 8.39. The van der Waals surface area contributed by atoms with Gasteiger partial charge in [0.2, 0.25) is 5.76 Å². The Labute approximate surface area is 198 Å². The van der Waals surface area contributed by atoms with Crippen molar-refractivity contribution < 1.29 is 37.0 Å². The first kappa shape index (κ1) is 24.5. The van der Waals surface area contributed by atoms with Crippen LogP contribution in [-0.4, -0.2) is 34.7 Å². The van der Waals surface area contributed by atoms with Crippen molar-refractivity contribution >= 4 is 17.6 Å². The van der Waals surface area contributed by atoms with Gasteiger partial charge in [0.25, 0.3) is 5.91 Å². The smallest absolute Gasteiger partial charge is 0.452 e. The Kier molecular flexibility index (Phi) is 6.93. The van der Waals surface area contributed by atoms with Gasteiger partial charge in [-0.05, 0) is 41.7 Å². The van der Waals surface area contributed by atoms with Gasteiger partial charge in [0.05, 0.1) is 19.1 Å². The van der Waals surface area contributed by atoms with Crippen molar-refractivity contribution in [1.29, 1.82) is 0 Å². The number of ether oxygens (including phenoxy) is 1. The summed E-state index contributed by atoms with van der Waals surface area (Å²) >= 11 is 0. The number of carboxylic acids is 1. The average molecular weight is 488 g/mol. The molecular formula is C25H23F3N2O5. The van der Waals surface area contributed by atoms with E-state index in [0.717, 1.165) is 23.1 Å². The van der Waals surface area contributed by atoms with Crippen LogP contribution < -0.4 is 5.32 Å². The van der Waals surface area contributed by atoms with Crippen molar-refractivity contribution in [1.82, 2.24) is 4.98 Å². The molecule has 4 rings (SSSR count). The molecule has 35 heavy (non-hydrogen) atoms. The minimum Gasteiger partial charge on any atom is -0.481 e. The molecule has 0 unspecified atom stereocenters. The Morgan fingerprint density at radius 3 is 2.23 bits per heavy atom. The molecule has 0 aliphatic carbocycles. The summed E-state index contributed by atoms with van der Waals surface area (Å²) < 4.78 is 49.5. The van der Waals surface area contributed by atoms with Crippen LogP contribution in [0.1, 0.15) is 52.9 Å². The molecule has 0 spiro atoms. The van der Waals surface area contributed by atoms with E-state index in [1.54, 1.807) is 24.3 Å². The third-order valence-electron chi connectivity index (χ3n) is 5.84. The number of amides is 1. The van der Waals surface area contributed by atoms with Gasteiger partial charge in [0.1, 0.15) is 0 Å². The lowest BCUT2D eigenvalue weighted by atomic mass is 9.89. The fourth-order valence-corrected chi connectivity index (χ4v) is 4.08. The largest absolute Gasteiger partial charge is 0.481 e. The number of aryl methyl sites for hydroxylation is 1. The number of carboxylic acid groups (broad SMARTS) is 1. The van der Waals surface area contributed by atoms with Gasteiger partial charge in [-0.3, -0.25) is 9.59 Å². The zero-order valence-corrected chi connectivity index (χ0v) is 18.8. The number of hydrogen-bond donors (Lipinski definition) is 2. The number of anilines is 1. The minimum absolute atomic E-state index is 0.0177. The molecule has 1 fully saturated rings. The number of halogens is 3. The average Bonchev–Trinajstić information content (AvgIpc) is 3.22. The van der Waals surface area contributed by atoms with Crippen LogP contribution in [0.2, 0.25) is 0 Å². The Morgan fingerprint density at radius 1 is 1.06 bits per heavy atom. The number of nitrogens with zero attached hydrogens (tertiary/aromatic N) is 1. The molecule has 1 aliphatic rings.